The van der Waals surface area contributed by atoms with E-state index < -0.39 is 0 Å². The first-order valence-corrected chi connectivity index (χ1v) is 8.26. The Hall–Kier alpha value is -0.440. The zero-order chi connectivity index (χ0) is 13.1. The molecule has 0 spiro atoms. The first-order valence-electron chi connectivity index (χ1n) is 6.74. The fourth-order valence-electron chi connectivity index (χ4n) is 1.28. The quantitative estimate of drug-likeness (QED) is 0.597. The Balaban J connectivity index is 4.48. The highest BCUT2D eigenvalue weighted by Crippen LogP contribution is 2.03. The van der Waals surface area contributed by atoms with Gasteiger partial charge < -0.3 is 0 Å². The van der Waals surface area contributed by atoms with Crippen LogP contribution in [0.5, 0.6) is 0 Å². The van der Waals surface area contributed by atoms with Crippen molar-refractivity contribution in [3.8, 4) is 0 Å². The normalized spacial score (nSPS) is 11.9. The Morgan fingerprint density at radius 2 is 1.65 bits per heavy atom. The summed E-state index contributed by atoms with van der Waals surface area (Å²) in [7, 11) is -0.0419. The van der Waals surface area contributed by atoms with Gasteiger partial charge in [0.1, 0.15) is 0 Å². The predicted octanol–water partition coefficient (Wildman–Crippen LogP) is 4.27. The first kappa shape index (κ1) is 16.6. The highest BCUT2D eigenvalue weighted by molar-refractivity contribution is 7.87. The summed E-state index contributed by atoms with van der Waals surface area (Å²) in [6.07, 6.45) is 7.35. The van der Waals surface area contributed by atoms with E-state index in [2.05, 4.69) is 25.1 Å². The Kier molecular flexibility index (Phi) is 10.4. The molecule has 0 N–H and O–H groups in total. The second kappa shape index (κ2) is 10.7. The smallest absolute Gasteiger partial charge is 0.267 e. The van der Waals surface area contributed by atoms with Gasteiger partial charge in [0.25, 0.3) is 5.91 Å². The van der Waals surface area contributed by atoms with E-state index >= 15 is 0 Å². The number of rotatable bonds is 8. The maximum atomic E-state index is 11.7. The van der Waals surface area contributed by atoms with E-state index in [1.807, 2.05) is 6.92 Å². The topological polar surface area (TPSA) is 29.4 Å². The molecule has 3 heteroatoms. The van der Waals surface area contributed by atoms with Crippen molar-refractivity contribution in [3.05, 3.63) is 11.6 Å². The lowest BCUT2D eigenvalue weighted by Crippen LogP contribution is -2.05. The van der Waals surface area contributed by atoms with Gasteiger partial charge in [0, 0.05) is 17.6 Å². The van der Waals surface area contributed by atoms with Gasteiger partial charge in [-0.1, -0.05) is 49.9 Å². The van der Waals surface area contributed by atoms with Gasteiger partial charge in [0.05, 0.1) is 0 Å². The Labute approximate surface area is 109 Å². The van der Waals surface area contributed by atoms with Crippen LogP contribution in [-0.4, -0.2) is 17.4 Å². The standard InChI is InChI=1S/C14H27NOS/c1-5-8-10-17(11-9-6-2)15-14(16)12-13(4)7-3/h12H,5-11H2,1-4H3/b13-12+. The average Bonchev–Trinajstić information content (AvgIpc) is 2.32. The summed E-state index contributed by atoms with van der Waals surface area (Å²) in [6.45, 7) is 8.42. The van der Waals surface area contributed by atoms with Gasteiger partial charge in [-0.2, -0.15) is 4.36 Å². The van der Waals surface area contributed by atoms with Gasteiger partial charge in [-0.25, -0.2) is 0 Å². The summed E-state index contributed by atoms with van der Waals surface area (Å²) in [5, 5.41) is 0. The highest BCUT2D eigenvalue weighted by atomic mass is 32.2. The van der Waals surface area contributed by atoms with Gasteiger partial charge in [0.15, 0.2) is 0 Å². The van der Waals surface area contributed by atoms with E-state index in [0.29, 0.717) is 0 Å². The van der Waals surface area contributed by atoms with Crippen LogP contribution >= 0.6 is 0 Å². The largest absolute Gasteiger partial charge is 0.275 e. The molecule has 100 valence electrons. The van der Waals surface area contributed by atoms with E-state index in [1.54, 1.807) is 6.08 Å². The van der Waals surface area contributed by atoms with Crippen LogP contribution in [0.1, 0.15) is 59.8 Å². The molecular formula is C14H27NOS. The summed E-state index contributed by atoms with van der Waals surface area (Å²) in [6, 6.07) is 0. The molecule has 0 saturated heterocycles. The second-order valence-electron chi connectivity index (χ2n) is 4.35. The summed E-state index contributed by atoms with van der Waals surface area (Å²) < 4.78 is 4.35. The molecule has 0 aromatic heterocycles. The lowest BCUT2D eigenvalue weighted by molar-refractivity contribution is -0.113. The molecule has 0 heterocycles. The van der Waals surface area contributed by atoms with Crippen LogP contribution in [0, 0.1) is 0 Å². The summed E-state index contributed by atoms with van der Waals surface area (Å²) >= 11 is 0. The maximum absolute atomic E-state index is 11.7. The molecule has 1 amide bonds. The van der Waals surface area contributed by atoms with Crippen LogP contribution in [0.2, 0.25) is 0 Å². The third-order valence-electron chi connectivity index (χ3n) is 2.61. The number of amides is 1. The average molecular weight is 257 g/mol. The van der Waals surface area contributed by atoms with E-state index in [4.69, 9.17) is 0 Å². The van der Waals surface area contributed by atoms with Crippen LogP contribution in [-0.2, 0) is 15.5 Å². The number of allylic oxidation sites excluding steroid dienone is 1. The van der Waals surface area contributed by atoms with Crippen molar-refractivity contribution in [2.45, 2.75) is 59.8 Å². The number of unbranched alkanes of at least 4 members (excludes halogenated alkanes) is 2. The molecular weight excluding hydrogens is 230 g/mol. The van der Waals surface area contributed by atoms with Gasteiger partial charge >= 0.3 is 0 Å². The molecule has 0 aliphatic carbocycles. The zero-order valence-electron chi connectivity index (χ0n) is 11.8. The third-order valence-corrected chi connectivity index (χ3v) is 4.57. The van der Waals surface area contributed by atoms with Gasteiger partial charge in [0.2, 0.25) is 0 Å². The maximum Gasteiger partial charge on any atom is 0.275 e. The predicted molar refractivity (Wildman–Crippen MR) is 78.4 cm³/mol. The number of hydrogen-bond acceptors (Lipinski definition) is 1. The van der Waals surface area contributed by atoms with Crippen molar-refractivity contribution >= 4 is 16.6 Å². The number of nitrogens with zero attached hydrogens (tertiary/aromatic N) is 1. The Bertz CT molecular complexity index is 272. The third kappa shape index (κ3) is 9.28. The SMILES string of the molecule is CCCCS(CCCC)=NC(=O)/C=C(\C)CC. The minimum absolute atomic E-state index is 0.0279. The van der Waals surface area contributed by atoms with E-state index in [9.17, 15) is 4.79 Å². The first-order chi connectivity index (χ1) is 8.13. The molecule has 0 atom stereocenters. The fraction of sp³-hybridized carbons (Fsp3) is 0.786. The second-order valence-corrected chi connectivity index (χ2v) is 6.28. The molecule has 0 fully saturated rings. The zero-order valence-corrected chi connectivity index (χ0v) is 12.6. The summed E-state index contributed by atoms with van der Waals surface area (Å²) in [4.78, 5) is 11.7. The number of carbonyl (C=O) groups excluding carboxylic acids is 1. The van der Waals surface area contributed by atoms with Crippen molar-refractivity contribution in [3.63, 3.8) is 0 Å². The number of hydrogen-bond donors (Lipinski definition) is 0. The number of carbonyl (C=O) groups is 1. The van der Waals surface area contributed by atoms with Crippen LogP contribution < -0.4 is 0 Å². The van der Waals surface area contributed by atoms with Crippen LogP contribution in [0.15, 0.2) is 16.0 Å². The molecule has 17 heavy (non-hydrogen) atoms. The highest BCUT2D eigenvalue weighted by Gasteiger charge is 2.01. The molecule has 0 aromatic carbocycles. The van der Waals surface area contributed by atoms with Crippen molar-refractivity contribution < 1.29 is 4.79 Å². The van der Waals surface area contributed by atoms with Gasteiger partial charge in [-0.05, 0) is 26.2 Å². The monoisotopic (exact) mass is 257 g/mol. The molecule has 0 unspecified atom stereocenters. The van der Waals surface area contributed by atoms with Crippen molar-refractivity contribution in [2.24, 2.45) is 4.36 Å². The molecule has 0 aromatic rings. The van der Waals surface area contributed by atoms with Crippen molar-refractivity contribution in [1.29, 1.82) is 0 Å². The molecule has 0 aliphatic rings. The lowest BCUT2D eigenvalue weighted by atomic mass is 10.2. The summed E-state index contributed by atoms with van der Waals surface area (Å²) in [5.41, 5.74) is 1.12. The Morgan fingerprint density at radius 3 is 2.06 bits per heavy atom. The minimum Gasteiger partial charge on any atom is -0.267 e. The lowest BCUT2D eigenvalue weighted by Gasteiger charge is -2.05. The molecule has 0 rings (SSSR count). The van der Waals surface area contributed by atoms with Crippen LogP contribution in [0.3, 0.4) is 0 Å². The van der Waals surface area contributed by atoms with Crippen molar-refractivity contribution in [2.75, 3.05) is 11.5 Å². The van der Waals surface area contributed by atoms with Crippen LogP contribution in [0.4, 0.5) is 0 Å². The summed E-state index contributed by atoms with van der Waals surface area (Å²) in [5.74, 6) is 2.14. The minimum atomic E-state index is -0.0419. The molecule has 2 nitrogen and oxygen atoms in total. The molecule has 0 bridgehead atoms. The molecule has 0 saturated carbocycles. The molecule has 0 aliphatic heterocycles. The van der Waals surface area contributed by atoms with Gasteiger partial charge in [-0.15, -0.1) is 0 Å². The van der Waals surface area contributed by atoms with E-state index in [-0.39, 0.29) is 16.6 Å². The Morgan fingerprint density at radius 1 is 1.12 bits per heavy atom. The van der Waals surface area contributed by atoms with Crippen molar-refractivity contribution in [1.82, 2.24) is 0 Å². The van der Waals surface area contributed by atoms with Gasteiger partial charge in [-0.3, -0.25) is 4.79 Å². The van der Waals surface area contributed by atoms with E-state index in [0.717, 1.165) is 23.5 Å². The van der Waals surface area contributed by atoms with E-state index in [1.165, 1.54) is 25.7 Å². The molecule has 0 radical (unpaired) electrons. The fourth-order valence-corrected chi connectivity index (χ4v) is 3.22. The van der Waals surface area contributed by atoms with Crippen LogP contribution in [0.25, 0.3) is 0 Å².